The zero-order valence-electron chi connectivity index (χ0n) is 10.7. The van der Waals surface area contributed by atoms with Gasteiger partial charge in [0.05, 0.1) is 0 Å². The quantitative estimate of drug-likeness (QED) is 0.763. The van der Waals surface area contributed by atoms with Crippen molar-refractivity contribution in [3.8, 4) is 0 Å². The Morgan fingerprint density at radius 2 is 2.07 bits per heavy atom. The predicted molar refractivity (Wildman–Crippen MR) is 66.0 cm³/mol. The number of likely N-dealkylation sites (N-methyl/N-ethyl adjacent to an activating group) is 1. The van der Waals surface area contributed by atoms with E-state index in [1.807, 2.05) is 0 Å². The second-order valence-electron chi connectivity index (χ2n) is 5.17. The summed E-state index contributed by atoms with van der Waals surface area (Å²) in [6, 6.07) is 1.95. The van der Waals surface area contributed by atoms with Gasteiger partial charge >= 0.3 is 0 Å². The van der Waals surface area contributed by atoms with Crippen LogP contribution in [0.4, 0.5) is 0 Å². The van der Waals surface area contributed by atoms with Gasteiger partial charge in [-0.05, 0) is 53.8 Å². The molecule has 1 fully saturated rings. The summed E-state index contributed by atoms with van der Waals surface area (Å²) in [6.07, 6.45) is 2.39. The minimum absolute atomic E-state index is 0.628. The van der Waals surface area contributed by atoms with E-state index in [1.54, 1.807) is 0 Å². The van der Waals surface area contributed by atoms with Crippen LogP contribution in [0, 0.1) is 0 Å². The highest BCUT2D eigenvalue weighted by Crippen LogP contribution is 2.20. The molecule has 3 nitrogen and oxygen atoms in total. The lowest BCUT2D eigenvalue weighted by atomic mass is 10.1. The molecule has 2 N–H and O–H groups in total. The SMILES string of the molecule is CC(C)N1C(C)CCN(C)CC1CCN. The average Bonchev–Trinajstić information content (AvgIpc) is 2.26. The normalized spacial score (nSPS) is 30.8. The van der Waals surface area contributed by atoms with E-state index >= 15 is 0 Å². The Kier molecular flexibility index (Phi) is 5.03. The number of nitrogens with zero attached hydrogens (tertiary/aromatic N) is 2. The maximum absolute atomic E-state index is 5.72. The number of nitrogens with two attached hydrogens (primary N) is 1. The lowest BCUT2D eigenvalue weighted by Gasteiger charge is -2.38. The van der Waals surface area contributed by atoms with Gasteiger partial charge in [0.1, 0.15) is 0 Å². The smallest absolute Gasteiger partial charge is 0.0240 e. The molecule has 0 saturated carbocycles. The largest absolute Gasteiger partial charge is 0.330 e. The van der Waals surface area contributed by atoms with Crippen molar-refractivity contribution in [3.05, 3.63) is 0 Å². The molecule has 1 rings (SSSR count). The summed E-state index contributed by atoms with van der Waals surface area (Å²) in [7, 11) is 2.22. The van der Waals surface area contributed by atoms with Crippen molar-refractivity contribution in [1.82, 2.24) is 9.80 Å². The van der Waals surface area contributed by atoms with Gasteiger partial charge in [0.25, 0.3) is 0 Å². The van der Waals surface area contributed by atoms with Crippen molar-refractivity contribution in [3.63, 3.8) is 0 Å². The van der Waals surface area contributed by atoms with Crippen molar-refractivity contribution in [1.29, 1.82) is 0 Å². The van der Waals surface area contributed by atoms with Crippen LogP contribution in [0.15, 0.2) is 0 Å². The lowest BCUT2D eigenvalue weighted by Crippen LogP contribution is -2.48. The molecule has 0 aromatic carbocycles. The monoisotopic (exact) mass is 213 g/mol. The fourth-order valence-electron chi connectivity index (χ4n) is 2.82. The van der Waals surface area contributed by atoms with Gasteiger partial charge in [-0.2, -0.15) is 0 Å². The summed E-state index contributed by atoms with van der Waals surface area (Å²) >= 11 is 0. The summed E-state index contributed by atoms with van der Waals surface area (Å²) in [5, 5.41) is 0. The predicted octanol–water partition coefficient (Wildman–Crippen LogP) is 1.14. The number of hydrogen-bond acceptors (Lipinski definition) is 3. The van der Waals surface area contributed by atoms with Crippen LogP contribution in [0.3, 0.4) is 0 Å². The molecule has 0 spiro atoms. The summed E-state index contributed by atoms with van der Waals surface area (Å²) < 4.78 is 0. The number of rotatable bonds is 3. The lowest BCUT2D eigenvalue weighted by molar-refractivity contribution is 0.102. The highest BCUT2D eigenvalue weighted by Gasteiger charge is 2.29. The third-order valence-electron chi connectivity index (χ3n) is 3.48. The standard InChI is InChI=1S/C12H27N3/c1-10(2)15-11(3)6-8-14(4)9-12(15)5-7-13/h10-12H,5-9,13H2,1-4H3. The highest BCUT2D eigenvalue weighted by molar-refractivity contribution is 4.85. The fraction of sp³-hybridized carbons (Fsp3) is 1.00. The Bertz CT molecular complexity index is 182. The molecule has 2 unspecified atom stereocenters. The second kappa shape index (κ2) is 5.83. The zero-order valence-corrected chi connectivity index (χ0v) is 10.7. The molecule has 0 radical (unpaired) electrons. The molecule has 1 aliphatic heterocycles. The molecule has 15 heavy (non-hydrogen) atoms. The van der Waals surface area contributed by atoms with Crippen LogP contribution in [0.2, 0.25) is 0 Å². The number of hydrogen-bond donors (Lipinski definition) is 1. The van der Waals surface area contributed by atoms with E-state index < -0.39 is 0 Å². The van der Waals surface area contributed by atoms with Gasteiger partial charge in [0.15, 0.2) is 0 Å². The van der Waals surface area contributed by atoms with E-state index in [4.69, 9.17) is 5.73 Å². The van der Waals surface area contributed by atoms with E-state index in [0.29, 0.717) is 18.1 Å². The van der Waals surface area contributed by atoms with Crippen molar-refractivity contribution in [2.24, 2.45) is 5.73 Å². The van der Waals surface area contributed by atoms with Gasteiger partial charge in [-0.15, -0.1) is 0 Å². The first-order valence-corrected chi connectivity index (χ1v) is 6.22. The highest BCUT2D eigenvalue weighted by atomic mass is 15.3. The molecule has 1 aliphatic rings. The second-order valence-corrected chi connectivity index (χ2v) is 5.17. The third-order valence-corrected chi connectivity index (χ3v) is 3.48. The van der Waals surface area contributed by atoms with Crippen LogP contribution < -0.4 is 5.73 Å². The third kappa shape index (κ3) is 3.44. The van der Waals surface area contributed by atoms with Crippen LogP contribution in [0.1, 0.15) is 33.6 Å². The van der Waals surface area contributed by atoms with Crippen LogP contribution in [-0.4, -0.2) is 54.6 Å². The van der Waals surface area contributed by atoms with Gasteiger partial charge in [-0.1, -0.05) is 0 Å². The topological polar surface area (TPSA) is 32.5 Å². The molecule has 0 bridgehead atoms. The van der Waals surface area contributed by atoms with Crippen LogP contribution in [0.25, 0.3) is 0 Å². The van der Waals surface area contributed by atoms with Gasteiger partial charge < -0.3 is 10.6 Å². The first-order chi connectivity index (χ1) is 7.06. The minimum atomic E-state index is 0.628. The Balaban J connectivity index is 2.73. The first kappa shape index (κ1) is 12.9. The van der Waals surface area contributed by atoms with Crippen LogP contribution >= 0.6 is 0 Å². The van der Waals surface area contributed by atoms with Crippen molar-refractivity contribution >= 4 is 0 Å². The van der Waals surface area contributed by atoms with E-state index in [9.17, 15) is 0 Å². The van der Waals surface area contributed by atoms with Crippen molar-refractivity contribution in [2.45, 2.75) is 51.7 Å². The summed E-state index contributed by atoms with van der Waals surface area (Å²) in [4.78, 5) is 5.09. The Morgan fingerprint density at radius 1 is 1.40 bits per heavy atom. The molecule has 0 amide bonds. The maximum atomic E-state index is 5.72. The Labute approximate surface area is 94.6 Å². The average molecular weight is 213 g/mol. The van der Waals surface area contributed by atoms with E-state index in [-0.39, 0.29) is 0 Å². The van der Waals surface area contributed by atoms with Crippen LogP contribution in [0.5, 0.6) is 0 Å². The van der Waals surface area contributed by atoms with E-state index in [2.05, 4.69) is 37.6 Å². The molecule has 0 aromatic heterocycles. The molecule has 2 atom stereocenters. The maximum Gasteiger partial charge on any atom is 0.0240 e. The van der Waals surface area contributed by atoms with E-state index in [1.165, 1.54) is 19.5 Å². The summed E-state index contributed by atoms with van der Waals surface area (Å²) in [6.45, 7) is 10.1. The van der Waals surface area contributed by atoms with Gasteiger partial charge in [0.2, 0.25) is 0 Å². The Morgan fingerprint density at radius 3 is 2.60 bits per heavy atom. The zero-order chi connectivity index (χ0) is 11.4. The summed E-state index contributed by atoms with van der Waals surface area (Å²) in [5.74, 6) is 0. The minimum Gasteiger partial charge on any atom is -0.330 e. The van der Waals surface area contributed by atoms with Crippen molar-refractivity contribution < 1.29 is 0 Å². The van der Waals surface area contributed by atoms with Crippen molar-refractivity contribution in [2.75, 3.05) is 26.7 Å². The van der Waals surface area contributed by atoms with Gasteiger partial charge in [0, 0.05) is 24.7 Å². The first-order valence-electron chi connectivity index (χ1n) is 6.22. The molecule has 1 saturated heterocycles. The van der Waals surface area contributed by atoms with E-state index in [0.717, 1.165) is 13.0 Å². The molecular formula is C12H27N3. The summed E-state index contributed by atoms with van der Waals surface area (Å²) in [5.41, 5.74) is 5.72. The molecule has 0 aromatic rings. The van der Waals surface area contributed by atoms with Gasteiger partial charge in [-0.3, -0.25) is 4.90 Å². The Hall–Kier alpha value is -0.120. The van der Waals surface area contributed by atoms with Gasteiger partial charge in [-0.25, -0.2) is 0 Å². The fourth-order valence-corrected chi connectivity index (χ4v) is 2.82. The molecular weight excluding hydrogens is 186 g/mol. The van der Waals surface area contributed by atoms with Crippen LogP contribution in [-0.2, 0) is 0 Å². The molecule has 90 valence electrons. The molecule has 1 heterocycles. The molecule has 3 heteroatoms. The molecule has 0 aliphatic carbocycles.